The number of allylic oxidation sites excluding steroid dienone is 1. The van der Waals surface area contributed by atoms with Crippen LogP contribution in [0.3, 0.4) is 0 Å². The van der Waals surface area contributed by atoms with Gasteiger partial charge < -0.3 is 14.2 Å². The molecular weight excluding hydrogens is 180 g/mol. The molecule has 14 heavy (non-hydrogen) atoms. The molecule has 0 saturated carbocycles. The second kappa shape index (κ2) is 9.19. The van der Waals surface area contributed by atoms with Gasteiger partial charge in [-0.05, 0) is 19.3 Å². The van der Waals surface area contributed by atoms with E-state index in [1.54, 1.807) is 21.3 Å². The summed E-state index contributed by atoms with van der Waals surface area (Å²) in [5, 5.41) is 0. The molecule has 83 valence electrons. The average Bonchev–Trinajstić information content (AvgIpc) is 2.20. The summed E-state index contributed by atoms with van der Waals surface area (Å²) in [5.74, 6) is 0.289. The minimum atomic E-state index is 0.289. The van der Waals surface area contributed by atoms with Crippen molar-refractivity contribution in [3.8, 4) is 0 Å². The SMILES string of the molecule is C=CCC(CCCOC)[C](OC)OC. The van der Waals surface area contributed by atoms with E-state index >= 15 is 0 Å². The van der Waals surface area contributed by atoms with Crippen molar-refractivity contribution in [1.29, 1.82) is 0 Å². The number of hydrogen-bond donors (Lipinski definition) is 0. The van der Waals surface area contributed by atoms with Gasteiger partial charge in [-0.15, -0.1) is 6.58 Å². The maximum atomic E-state index is 5.15. The molecule has 0 N–H and O–H groups in total. The molecule has 0 aliphatic rings. The molecule has 3 nitrogen and oxygen atoms in total. The molecule has 0 amide bonds. The van der Waals surface area contributed by atoms with Crippen LogP contribution < -0.4 is 0 Å². The number of ether oxygens (including phenoxy) is 3. The predicted octanol–water partition coefficient (Wildman–Crippen LogP) is 2.39. The standard InChI is InChI=1S/C11H21O3/c1-5-7-10(8-6-9-12-2)11(13-3)14-4/h5,10H,1,6-9H2,2-4H3. The Morgan fingerprint density at radius 2 is 1.93 bits per heavy atom. The molecule has 3 heteroatoms. The van der Waals surface area contributed by atoms with Gasteiger partial charge in [0, 0.05) is 33.9 Å². The van der Waals surface area contributed by atoms with E-state index in [-0.39, 0.29) is 5.92 Å². The smallest absolute Gasteiger partial charge is 0.226 e. The number of methoxy groups -OCH3 is 3. The quantitative estimate of drug-likeness (QED) is 0.423. The predicted molar refractivity (Wildman–Crippen MR) is 56.7 cm³/mol. The van der Waals surface area contributed by atoms with Crippen LogP contribution in [0.5, 0.6) is 0 Å². The first kappa shape index (κ1) is 13.6. The molecule has 1 unspecified atom stereocenters. The molecular formula is C11H21O3. The first-order valence-corrected chi connectivity index (χ1v) is 4.84. The first-order chi connectivity index (χ1) is 6.79. The fourth-order valence-corrected chi connectivity index (χ4v) is 1.42. The second-order valence-corrected chi connectivity index (χ2v) is 3.08. The molecule has 1 atom stereocenters. The average molecular weight is 201 g/mol. The Morgan fingerprint density at radius 3 is 2.36 bits per heavy atom. The van der Waals surface area contributed by atoms with Gasteiger partial charge in [-0.1, -0.05) is 6.08 Å². The Morgan fingerprint density at radius 1 is 1.29 bits per heavy atom. The van der Waals surface area contributed by atoms with Crippen LogP contribution in [0.4, 0.5) is 0 Å². The molecule has 1 radical (unpaired) electrons. The lowest BCUT2D eigenvalue weighted by Gasteiger charge is -2.21. The van der Waals surface area contributed by atoms with Gasteiger partial charge in [-0.25, -0.2) is 0 Å². The lowest BCUT2D eigenvalue weighted by Crippen LogP contribution is -2.16. The van der Waals surface area contributed by atoms with Gasteiger partial charge in [0.25, 0.3) is 0 Å². The Bertz CT molecular complexity index is 132. The second-order valence-electron chi connectivity index (χ2n) is 3.08. The molecule has 0 rings (SSSR count). The topological polar surface area (TPSA) is 27.7 Å². The molecule has 0 heterocycles. The maximum absolute atomic E-state index is 5.15. The van der Waals surface area contributed by atoms with E-state index in [9.17, 15) is 0 Å². The zero-order chi connectivity index (χ0) is 10.8. The van der Waals surface area contributed by atoms with Crippen LogP contribution in [-0.4, -0.2) is 27.9 Å². The van der Waals surface area contributed by atoms with Crippen LogP contribution in [0.25, 0.3) is 0 Å². The zero-order valence-electron chi connectivity index (χ0n) is 9.41. The largest absolute Gasteiger partial charge is 0.385 e. The highest BCUT2D eigenvalue weighted by molar-refractivity contribution is 4.83. The van der Waals surface area contributed by atoms with E-state index in [0.29, 0.717) is 6.29 Å². The Balaban J connectivity index is 3.91. The summed E-state index contributed by atoms with van der Waals surface area (Å²) >= 11 is 0. The summed E-state index contributed by atoms with van der Waals surface area (Å²) in [6.45, 7) is 4.50. The van der Waals surface area contributed by atoms with Crippen LogP contribution in [-0.2, 0) is 14.2 Å². The summed E-state index contributed by atoms with van der Waals surface area (Å²) in [5.41, 5.74) is 0. The molecule has 0 aromatic heterocycles. The van der Waals surface area contributed by atoms with E-state index in [1.807, 2.05) is 6.08 Å². The molecule has 0 saturated heterocycles. The van der Waals surface area contributed by atoms with Gasteiger partial charge in [-0.2, -0.15) is 0 Å². The Labute approximate surface area is 87.0 Å². The maximum Gasteiger partial charge on any atom is 0.226 e. The van der Waals surface area contributed by atoms with Crippen LogP contribution in [0.1, 0.15) is 19.3 Å². The van der Waals surface area contributed by atoms with Crippen molar-refractivity contribution in [2.45, 2.75) is 19.3 Å². The number of hydrogen-bond acceptors (Lipinski definition) is 3. The van der Waals surface area contributed by atoms with Crippen molar-refractivity contribution < 1.29 is 14.2 Å². The van der Waals surface area contributed by atoms with Crippen molar-refractivity contribution in [2.75, 3.05) is 27.9 Å². The van der Waals surface area contributed by atoms with Gasteiger partial charge in [0.05, 0.1) is 0 Å². The van der Waals surface area contributed by atoms with Crippen molar-refractivity contribution in [2.24, 2.45) is 5.92 Å². The molecule has 0 fully saturated rings. The fourth-order valence-electron chi connectivity index (χ4n) is 1.42. The highest BCUT2D eigenvalue weighted by Gasteiger charge is 2.20. The monoisotopic (exact) mass is 201 g/mol. The fraction of sp³-hybridized carbons (Fsp3) is 0.727. The number of rotatable bonds is 9. The van der Waals surface area contributed by atoms with Crippen LogP contribution in [0, 0.1) is 12.2 Å². The summed E-state index contributed by atoms with van der Waals surface area (Å²) in [6, 6.07) is 0. The van der Waals surface area contributed by atoms with Gasteiger partial charge in [-0.3, -0.25) is 0 Å². The molecule has 0 aromatic rings. The normalized spacial score (nSPS) is 13.1. The Kier molecular flexibility index (Phi) is 8.94. The summed E-state index contributed by atoms with van der Waals surface area (Å²) in [7, 11) is 4.97. The summed E-state index contributed by atoms with van der Waals surface area (Å²) in [4.78, 5) is 0. The van der Waals surface area contributed by atoms with Gasteiger partial charge in [0.15, 0.2) is 0 Å². The Hall–Kier alpha value is -0.380. The van der Waals surface area contributed by atoms with Gasteiger partial charge in [0.2, 0.25) is 6.29 Å². The third kappa shape index (κ3) is 5.37. The lowest BCUT2D eigenvalue weighted by molar-refractivity contribution is -0.0351. The van der Waals surface area contributed by atoms with Crippen LogP contribution in [0.2, 0.25) is 0 Å². The molecule has 0 aliphatic carbocycles. The van der Waals surface area contributed by atoms with Gasteiger partial charge in [0.1, 0.15) is 0 Å². The van der Waals surface area contributed by atoms with Crippen molar-refractivity contribution >= 4 is 0 Å². The van der Waals surface area contributed by atoms with E-state index in [4.69, 9.17) is 14.2 Å². The molecule has 0 spiro atoms. The third-order valence-electron chi connectivity index (χ3n) is 2.09. The highest BCUT2D eigenvalue weighted by Crippen LogP contribution is 2.24. The summed E-state index contributed by atoms with van der Waals surface area (Å²) < 4.78 is 15.3. The molecule has 0 bridgehead atoms. The zero-order valence-corrected chi connectivity index (χ0v) is 9.41. The van der Waals surface area contributed by atoms with E-state index in [2.05, 4.69) is 6.58 Å². The highest BCUT2D eigenvalue weighted by atomic mass is 16.7. The van der Waals surface area contributed by atoms with Crippen molar-refractivity contribution in [3.05, 3.63) is 18.9 Å². The van der Waals surface area contributed by atoms with E-state index in [1.165, 1.54) is 0 Å². The van der Waals surface area contributed by atoms with E-state index in [0.717, 1.165) is 25.9 Å². The summed E-state index contributed by atoms with van der Waals surface area (Å²) in [6.07, 6.45) is 5.44. The third-order valence-corrected chi connectivity index (χ3v) is 2.09. The minimum Gasteiger partial charge on any atom is -0.385 e. The minimum absolute atomic E-state index is 0.289. The lowest BCUT2D eigenvalue weighted by atomic mass is 9.99. The molecule has 0 aromatic carbocycles. The first-order valence-electron chi connectivity index (χ1n) is 4.84. The van der Waals surface area contributed by atoms with Crippen LogP contribution in [0.15, 0.2) is 12.7 Å². The van der Waals surface area contributed by atoms with Crippen LogP contribution >= 0.6 is 0 Å². The van der Waals surface area contributed by atoms with E-state index < -0.39 is 0 Å². The van der Waals surface area contributed by atoms with Crippen molar-refractivity contribution in [1.82, 2.24) is 0 Å². The molecule has 0 aliphatic heterocycles. The van der Waals surface area contributed by atoms with Gasteiger partial charge >= 0.3 is 0 Å². The van der Waals surface area contributed by atoms with Crippen molar-refractivity contribution in [3.63, 3.8) is 0 Å².